The second-order valence-corrected chi connectivity index (χ2v) is 8.29. The molecule has 0 unspecified atom stereocenters. The van der Waals surface area contributed by atoms with Gasteiger partial charge in [-0.2, -0.15) is 0 Å². The number of rotatable bonds is 9. The van der Waals surface area contributed by atoms with Crippen LogP contribution in [-0.2, 0) is 17.9 Å². The van der Waals surface area contributed by atoms with Gasteiger partial charge in [0, 0.05) is 10.0 Å². The van der Waals surface area contributed by atoms with Crippen LogP contribution in [0.25, 0.3) is 11.0 Å². The third-order valence-electron chi connectivity index (χ3n) is 5.07. The molecule has 8 heteroatoms. The van der Waals surface area contributed by atoms with Gasteiger partial charge in [0.25, 0.3) is 5.91 Å². The van der Waals surface area contributed by atoms with Gasteiger partial charge < -0.3 is 19.4 Å². The van der Waals surface area contributed by atoms with E-state index in [1.54, 1.807) is 24.3 Å². The molecular weight excluding hydrogens is 461 g/mol. The molecule has 1 amide bonds. The second kappa shape index (κ2) is 10.6. The number of hydrogen-bond donors (Lipinski definition) is 1. The van der Waals surface area contributed by atoms with Crippen molar-refractivity contribution in [2.45, 2.75) is 20.0 Å². The molecule has 0 spiro atoms. The van der Waals surface area contributed by atoms with Gasteiger partial charge >= 0.3 is 0 Å². The average molecular weight is 484 g/mol. The van der Waals surface area contributed by atoms with Crippen LogP contribution in [-0.4, -0.2) is 28.7 Å². The molecule has 4 rings (SSSR count). The molecule has 170 valence electrons. The van der Waals surface area contributed by atoms with E-state index in [4.69, 9.17) is 32.7 Å². The fourth-order valence-corrected chi connectivity index (χ4v) is 3.62. The zero-order chi connectivity index (χ0) is 23.2. The third-order valence-corrected chi connectivity index (χ3v) is 5.75. The molecule has 0 fully saturated rings. The number of carbonyl (C=O) groups is 1. The summed E-state index contributed by atoms with van der Waals surface area (Å²) in [4.78, 5) is 17.0. The molecule has 1 heterocycles. The van der Waals surface area contributed by atoms with Crippen LogP contribution in [0.15, 0.2) is 66.7 Å². The van der Waals surface area contributed by atoms with E-state index in [9.17, 15) is 4.79 Å². The zero-order valence-electron chi connectivity index (χ0n) is 18.1. The molecule has 0 saturated carbocycles. The fraction of sp³-hybridized carbons (Fsp3) is 0.200. The van der Waals surface area contributed by atoms with Crippen molar-refractivity contribution in [3.8, 4) is 11.5 Å². The molecule has 1 aromatic heterocycles. The minimum Gasteiger partial charge on any atom is -0.492 e. The normalized spacial score (nSPS) is 10.9. The molecule has 0 aliphatic heterocycles. The average Bonchev–Trinajstić information content (AvgIpc) is 3.17. The van der Waals surface area contributed by atoms with Gasteiger partial charge in [-0.25, -0.2) is 4.98 Å². The number of benzene rings is 3. The lowest BCUT2D eigenvalue weighted by Crippen LogP contribution is -2.29. The first-order valence-corrected chi connectivity index (χ1v) is 11.2. The second-order valence-electron chi connectivity index (χ2n) is 7.45. The Morgan fingerprint density at radius 2 is 1.76 bits per heavy atom. The maximum absolute atomic E-state index is 12.3. The highest BCUT2D eigenvalue weighted by Gasteiger charge is 2.12. The molecule has 0 saturated heterocycles. The number of imidazole rings is 1. The quantitative estimate of drug-likeness (QED) is 0.344. The van der Waals surface area contributed by atoms with Crippen LogP contribution in [0.4, 0.5) is 0 Å². The van der Waals surface area contributed by atoms with E-state index in [0.717, 1.165) is 28.2 Å². The van der Waals surface area contributed by atoms with Crippen molar-refractivity contribution in [1.82, 2.24) is 14.9 Å². The topological polar surface area (TPSA) is 65.4 Å². The van der Waals surface area contributed by atoms with Gasteiger partial charge in [-0.15, -0.1) is 0 Å². The number of nitrogens with one attached hydrogen (secondary N) is 1. The maximum atomic E-state index is 12.3. The Hall–Kier alpha value is -3.22. The van der Waals surface area contributed by atoms with E-state index in [1.807, 2.05) is 49.4 Å². The van der Waals surface area contributed by atoms with Gasteiger partial charge in [-0.3, -0.25) is 4.79 Å². The number of carbonyl (C=O) groups excluding carboxylic acids is 1. The van der Waals surface area contributed by atoms with Gasteiger partial charge in [0.1, 0.15) is 23.9 Å². The molecule has 0 aliphatic carbocycles. The standard InChI is InChI=1S/C25H23Cl2N3O3/c1-17-14-20(10-11-21(17)27)32-13-12-30-23-5-3-2-4-22(23)29-24(30)15-28-25(31)16-33-19-8-6-18(26)7-9-19/h2-11,14H,12-13,15-16H2,1H3,(H,28,31). The first-order chi connectivity index (χ1) is 16.0. The molecular formula is C25H23Cl2N3O3. The van der Waals surface area contributed by atoms with Crippen LogP contribution in [0.3, 0.4) is 0 Å². The number of nitrogens with zero attached hydrogens (tertiary/aromatic N) is 2. The monoisotopic (exact) mass is 483 g/mol. The Balaban J connectivity index is 1.38. The fourth-order valence-electron chi connectivity index (χ4n) is 3.38. The minimum absolute atomic E-state index is 0.0963. The minimum atomic E-state index is -0.239. The highest BCUT2D eigenvalue weighted by molar-refractivity contribution is 6.31. The Morgan fingerprint density at radius 3 is 2.55 bits per heavy atom. The van der Waals surface area contributed by atoms with Gasteiger partial charge in [0.15, 0.2) is 6.61 Å². The molecule has 0 radical (unpaired) electrons. The van der Waals surface area contributed by atoms with Crippen LogP contribution in [0.5, 0.6) is 11.5 Å². The molecule has 33 heavy (non-hydrogen) atoms. The third kappa shape index (κ3) is 5.97. The number of aryl methyl sites for hydroxylation is 1. The van der Waals surface area contributed by atoms with Crippen LogP contribution in [0.2, 0.25) is 10.0 Å². The van der Waals surface area contributed by atoms with Crippen molar-refractivity contribution in [2.75, 3.05) is 13.2 Å². The summed E-state index contributed by atoms with van der Waals surface area (Å²) in [6.45, 7) is 3.14. The van der Waals surface area contributed by atoms with Crippen molar-refractivity contribution < 1.29 is 14.3 Å². The summed E-state index contributed by atoms with van der Waals surface area (Å²) in [5, 5.41) is 4.20. The van der Waals surface area contributed by atoms with Crippen molar-refractivity contribution in [1.29, 1.82) is 0 Å². The molecule has 0 aliphatic rings. The van der Waals surface area contributed by atoms with E-state index < -0.39 is 0 Å². The van der Waals surface area contributed by atoms with Gasteiger partial charge in [0.2, 0.25) is 0 Å². The summed E-state index contributed by atoms with van der Waals surface area (Å²) in [5.74, 6) is 1.84. The first kappa shape index (κ1) is 23.0. The zero-order valence-corrected chi connectivity index (χ0v) is 19.6. The molecule has 0 atom stereocenters. The summed E-state index contributed by atoms with van der Waals surface area (Å²) in [6.07, 6.45) is 0. The number of aromatic nitrogens is 2. The SMILES string of the molecule is Cc1cc(OCCn2c(CNC(=O)COc3ccc(Cl)cc3)nc3ccccc32)ccc1Cl. The summed E-state index contributed by atoms with van der Waals surface area (Å²) in [5.41, 5.74) is 2.81. The van der Waals surface area contributed by atoms with Crippen LogP contribution in [0.1, 0.15) is 11.4 Å². The first-order valence-electron chi connectivity index (χ1n) is 10.5. The van der Waals surface area contributed by atoms with E-state index in [0.29, 0.717) is 28.9 Å². The molecule has 1 N–H and O–H groups in total. The maximum Gasteiger partial charge on any atom is 0.258 e. The summed E-state index contributed by atoms with van der Waals surface area (Å²) < 4.78 is 13.5. The number of amides is 1. The summed E-state index contributed by atoms with van der Waals surface area (Å²) >= 11 is 12.0. The highest BCUT2D eigenvalue weighted by Crippen LogP contribution is 2.22. The lowest BCUT2D eigenvalue weighted by molar-refractivity contribution is -0.123. The predicted molar refractivity (Wildman–Crippen MR) is 130 cm³/mol. The smallest absolute Gasteiger partial charge is 0.258 e. The predicted octanol–water partition coefficient (Wildman–Crippen LogP) is 5.43. The number of hydrogen-bond acceptors (Lipinski definition) is 4. The van der Waals surface area contributed by atoms with Crippen molar-refractivity contribution in [3.63, 3.8) is 0 Å². The number of para-hydroxylation sites is 2. The van der Waals surface area contributed by atoms with Gasteiger partial charge in [-0.1, -0.05) is 35.3 Å². The number of fused-ring (bicyclic) bond motifs is 1. The van der Waals surface area contributed by atoms with E-state index in [1.165, 1.54) is 0 Å². The molecule has 3 aromatic carbocycles. The van der Waals surface area contributed by atoms with Gasteiger partial charge in [0.05, 0.1) is 24.1 Å². The van der Waals surface area contributed by atoms with Crippen molar-refractivity contribution in [3.05, 3.63) is 88.2 Å². The number of halogens is 2. The summed E-state index contributed by atoms with van der Waals surface area (Å²) in [7, 11) is 0. The highest BCUT2D eigenvalue weighted by atomic mass is 35.5. The van der Waals surface area contributed by atoms with E-state index >= 15 is 0 Å². The number of ether oxygens (including phenoxy) is 2. The Kier molecular flexibility index (Phi) is 7.37. The van der Waals surface area contributed by atoms with Crippen molar-refractivity contribution in [2.24, 2.45) is 0 Å². The lowest BCUT2D eigenvalue weighted by atomic mass is 10.2. The largest absolute Gasteiger partial charge is 0.492 e. The van der Waals surface area contributed by atoms with Gasteiger partial charge in [-0.05, 0) is 67.1 Å². The van der Waals surface area contributed by atoms with E-state index in [-0.39, 0.29) is 19.1 Å². The Labute approximate surface area is 202 Å². The summed E-state index contributed by atoms with van der Waals surface area (Å²) in [6, 6.07) is 20.3. The van der Waals surface area contributed by atoms with Crippen molar-refractivity contribution >= 4 is 40.1 Å². The molecule has 6 nitrogen and oxygen atoms in total. The molecule has 4 aromatic rings. The van der Waals surface area contributed by atoms with Crippen LogP contribution >= 0.6 is 23.2 Å². The van der Waals surface area contributed by atoms with Crippen LogP contribution < -0.4 is 14.8 Å². The lowest BCUT2D eigenvalue weighted by Gasteiger charge is -2.12. The van der Waals surface area contributed by atoms with E-state index in [2.05, 4.69) is 14.9 Å². The van der Waals surface area contributed by atoms with Crippen LogP contribution in [0, 0.1) is 6.92 Å². The Morgan fingerprint density at radius 1 is 1.00 bits per heavy atom. The molecule has 0 bridgehead atoms. The Bertz CT molecular complexity index is 1260.